The van der Waals surface area contributed by atoms with E-state index in [1.165, 1.54) is 11.8 Å². The number of hydrogen-bond acceptors (Lipinski definition) is 4. The lowest BCUT2D eigenvalue weighted by Crippen LogP contribution is -2.15. The van der Waals surface area contributed by atoms with Gasteiger partial charge < -0.3 is 10.1 Å². The van der Waals surface area contributed by atoms with E-state index in [1.54, 1.807) is 0 Å². The molecule has 0 bridgehead atoms. The molecule has 1 heterocycles. The van der Waals surface area contributed by atoms with Crippen molar-refractivity contribution in [1.29, 1.82) is 0 Å². The lowest BCUT2D eigenvalue weighted by atomic mass is 10.2. The molecule has 0 amide bonds. The van der Waals surface area contributed by atoms with Crippen molar-refractivity contribution in [2.45, 2.75) is 31.6 Å². The van der Waals surface area contributed by atoms with Gasteiger partial charge in [-0.05, 0) is 25.5 Å². The molecule has 1 aliphatic heterocycles. The largest absolute Gasteiger partial charge is 0.462 e. The zero-order chi connectivity index (χ0) is 13.0. The molecule has 18 heavy (non-hydrogen) atoms. The first-order chi connectivity index (χ1) is 8.76. The van der Waals surface area contributed by atoms with Crippen molar-refractivity contribution in [2.24, 2.45) is 0 Å². The predicted octanol–water partition coefficient (Wildman–Crippen LogP) is 3.78. The smallest absolute Gasteiger partial charge is 0.346 e. The van der Waals surface area contributed by atoms with Gasteiger partial charge in [-0.1, -0.05) is 37.2 Å². The van der Waals surface area contributed by atoms with Crippen LogP contribution in [0, 0.1) is 0 Å². The summed E-state index contributed by atoms with van der Waals surface area (Å²) in [6, 6.07) is 8.00. The third kappa shape index (κ3) is 2.70. The van der Waals surface area contributed by atoms with Gasteiger partial charge in [-0.25, -0.2) is 4.79 Å². The van der Waals surface area contributed by atoms with E-state index in [0.717, 1.165) is 29.1 Å². The van der Waals surface area contributed by atoms with Gasteiger partial charge in [-0.2, -0.15) is 0 Å². The average molecular weight is 263 g/mol. The van der Waals surface area contributed by atoms with Crippen LogP contribution in [-0.4, -0.2) is 12.6 Å². The van der Waals surface area contributed by atoms with Gasteiger partial charge in [0.2, 0.25) is 0 Å². The number of ether oxygens (including phenoxy) is 1. The van der Waals surface area contributed by atoms with Crippen molar-refractivity contribution in [1.82, 2.24) is 0 Å². The van der Waals surface area contributed by atoms with Gasteiger partial charge in [0, 0.05) is 10.6 Å². The summed E-state index contributed by atoms with van der Waals surface area (Å²) in [6.45, 7) is 4.33. The Morgan fingerprint density at radius 1 is 1.33 bits per heavy atom. The second-order valence-electron chi connectivity index (χ2n) is 4.00. The van der Waals surface area contributed by atoms with Crippen LogP contribution in [0.2, 0.25) is 0 Å². The molecule has 0 aliphatic carbocycles. The number of nitrogens with one attached hydrogen (secondary N) is 1. The molecule has 3 nitrogen and oxygen atoms in total. The first-order valence-electron chi connectivity index (χ1n) is 6.20. The number of para-hydroxylation sites is 1. The van der Waals surface area contributed by atoms with Crippen molar-refractivity contribution in [3.05, 3.63) is 34.9 Å². The minimum absolute atomic E-state index is 0.229. The molecule has 1 aromatic carbocycles. The van der Waals surface area contributed by atoms with Crippen LogP contribution >= 0.6 is 11.8 Å². The van der Waals surface area contributed by atoms with Crippen LogP contribution in [-0.2, 0) is 9.53 Å². The molecule has 0 aromatic heterocycles. The molecule has 0 radical (unpaired) electrons. The number of carbonyl (C=O) groups is 1. The minimum Gasteiger partial charge on any atom is -0.462 e. The highest BCUT2D eigenvalue weighted by atomic mass is 32.2. The summed E-state index contributed by atoms with van der Waals surface area (Å²) in [5.41, 5.74) is 2.04. The topological polar surface area (TPSA) is 38.3 Å². The molecule has 2 rings (SSSR count). The monoisotopic (exact) mass is 263 g/mol. The quantitative estimate of drug-likeness (QED) is 0.839. The number of allylic oxidation sites excluding steroid dienone is 1. The van der Waals surface area contributed by atoms with Crippen LogP contribution < -0.4 is 5.32 Å². The second kappa shape index (κ2) is 5.96. The molecule has 1 aliphatic rings. The third-order valence-electron chi connectivity index (χ3n) is 2.62. The van der Waals surface area contributed by atoms with Crippen LogP contribution in [0.25, 0.3) is 0 Å². The summed E-state index contributed by atoms with van der Waals surface area (Å²) in [7, 11) is 0. The van der Waals surface area contributed by atoms with E-state index in [9.17, 15) is 4.79 Å². The number of benzene rings is 1. The van der Waals surface area contributed by atoms with Crippen molar-refractivity contribution in [3.63, 3.8) is 0 Å². The molecule has 0 atom stereocenters. The van der Waals surface area contributed by atoms with Crippen LogP contribution in [0.3, 0.4) is 0 Å². The molecule has 4 heteroatoms. The summed E-state index contributed by atoms with van der Waals surface area (Å²) in [5.74, 6) is -0.229. The average Bonchev–Trinajstić information content (AvgIpc) is 2.38. The number of thioether (sulfide) groups is 1. The zero-order valence-corrected chi connectivity index (χ0v) is 11.5. The molecule has 0 spiro atoms. The Hall–Kier alpha value is -1.42. The fourth-order valence-corrected chi connectivity index (χ4v) is 2.85. The fraction of sp³-hybridized carbons (Fsp3) is 0.357. The molecule has 0 fully saturated rings. The van der Waals surface area contributed by atoms with Crippen molar-refractivity contribution < 1.29 is 9.53 Å². The first kappa shape index (κ1) is 13.0. The van der Waals surface area contributed by atoms with E-state index < -0.39 is 0 Å². The van der Waals surface area contributed by atoms with Crippen LogP contribution in [0.15, 0.2) is 39.8 Å². The zero-order valence-electron chi connectivity index (χ0n) is 10.7. The molecule has 1 aromatic rings. The van der Waals surface area contributed by atoms with Gasteiger partial charge >= 0.3 is 5.97 Å². The van der Waals surface area contributed by atoms with Gasteiger partial charge in [-0.15, -0.1) is 0 Å². The number of rotatable bonds is 4. The van der Waals surface area contributed by atoms with Gasteiger partial charge in [0.25, 0.3) is 0 Å². The lowest BCUT2D eigenvalue weighted by molar-refractivity contribution is -0.137. The van der Waals surface area contributed by atoms with E-state index in [-0.39, 0.29) is 5.97 Å². The number of fused-ring (bicyclic) bond motifs is 1. The summed E-state index contributed by atoms with van der Waals surface area (Å²) in [5, 5.41) is 3.35. The van der Waals surface area contributed by atoms with Crippen molar-refractivity contribution in [3.8, 4) is 0 Å². The maximum Gasteiger partial charge on any atom is 0.346 e. The Morgan fingerprint density at radius 3 is 2.83 bits per heavy atom. The molecule has 0 saturated carbocycles. The molecular formula is C14H17NO2S. The molecule has 96 valence electrons. The Bertz CT molecular complexity index is 482. The highest BCUT2D eigenvalue weighted by Crippen LogP contribution is 2.40. The standard InChI is InChI=1S/C14H17NO2S/c1-3-7-11-13(14(16)17-4-2)18-12-9-6-5-8-10(12)15-11/h5-6,8-9,15H,3-4,7H2,1-2H3. The molecule has 1 N–H and O–H groups in total. The fourth-order valence-electron chi connectivity index (χ4n) is 1.84. The van der Waals surface area contributed by atoms with Crippen molar-refractivity contribution in [2.75, 3.05) is 11.9 Å². The normalized spacial score (nSPS) is 13.9. The Labute approximate surface area is 112 Å². The highest BCUT2D eigenvalue weighted by molar-refractivity contribution is 8.04. The molecule has 0 unspecified atom stereocenters. The Balaban J connectivity index is 2.30. The third-order valence-corrected chi connectivity index (χ3v) is 3.81. The maximum absolute atomic E-state index is 12.0. The van der Waals surface area contributed by atoms with E-state index in [0.29, 0.717) is 11.5 Å². The number of carbonyl (C=O) groups excluding carboxylic acids is 1. The Morgan fingerprint density at radius 2 is 2.11 bits per heavy atom. The maximum atomic E-state index is 12.0. The van der Waals surface area contributed by atoms with E-state index in [1.807, 2.05) is 31.2 Å². The van der Waals surface area contributed by atoms with Crippen molar-refractivity contribution >= 4 is 23.4 Å². The summed E-state index contributed by atoms with van der Waals surface area (Å²) < 4.78 is 5.12. The number of esters is 1. The van der Waals surface area contributed by atoms with Gasteiger partial charge in [0.1, 0.15) is 4.91 Å². The predicted molar refractivity (Wildman–Crippen MR) is 74.5 cm³/mol. The van der Waals surface area contributed by atoms with Gasteiger partial charge in [0.05, 0.1) is 12.3 Å². The summed E-state index contributed by atoms with van der Waals surface area (Å²) in [6.07, 6.45) is 1.85. The van der Waals surface area contributed by atoms with Crippen LogP contribution in [0.4, 0.5) is 5.69 Å². The van der Waals surface area contributed by atoms with E-state index in [2.05, 4.69) is 12.2 Å². The number of hydrogen-bond donors (Lipinski definition) is 1. The summed E-state index contributed by atoms with van der Waals surface area (Å²) in [4.78, 5) is 13.7. The molecular weight excluding hydrogens is 246 g/mol. The van der Waals surface area contributed by atoms with E-state index >= 15 is 0 Å². The molecule has 0 saturated heterocycles. The van der Waals surface area contributed by atoms with E-state index in [4.69, 9.17) is 4.74 Å². The van der Waals surface area contributed by atoms with Gasteiger partial charge in [0.15, 0.2) is 0 Å². The van der Waals surface area contributed by atoms with Crippen LogP contribution in [0.1, 0.15) is 26.7 Å². The highest BCUT2D eigenvalue weighted by Gasteiger charge is 2.23. The summed E-state index contributed by atoms with van der Waals surface area (Å²) >= 11 is 1.50. The minimum atomic E-state index is -0.229. The Kier molecular flexibility index (Phi) is 4.31. The number of anilines is 1. The second-order valence-corrected chi connectivity index (χ2v) is 5.05. The van der Waals surface area contributed by atoms with Gasteiger partial charge in [-0.3, -0.25) is 0 Å². The lowest BCUT2D eigenvalue weighted by Gasteiger charge is -2.22. The SMILES string of the molecule is CCCC1=C(C(=O)OCC)Sc2ccccc2N1. The first-order valence-corrected chi connectivity index (χ1v) is 7.02. The van der Waals surface area contributed by atoms with Crippen LogP contribution in [0.5, 0.6) is 0 Å².